The van der Waals surface area contributed by atoms with Crippen molar-refractivity contribution in [3.63, 3.8) is 0 Å². The fraction of sp³-hybridized carbons (Fsp3) is 0.650. The second kappa shape index (κ2) is 7.65. The van der Waals surface area contributed by atoms with Crippen molar-refractivity contribution in [2.45, 2.75) is 70.9 Å². The maximum absolute atomic E-state index is 12.5. The molecule has 3 N–H and O–H groups in total. The summed E-state index contributed by atoms with van der Waals surface area (Å²) in [6, 6.07) is 2.18. The van der Waals surface area contributed by atoms with E-state index in [-0.39, 0.29) is 6.04 Å². The van der Waals surface area contributed by atoms with Gasteiger partial charge in [0, 0.05) is 30.9 Å². The van der Waals surface area contributed by atoms with E-state index in [1.807, 2.05) is 0 Å². The van der Waals surface area contributed by atoms with Crippen LogP contribution in [0.3, 0.4) is 0 Å². The summed E-state index contributed by atoms with van der Waals surface area (Å²) in [6.07, 6.45) is 7.09. The van der Waals surface area contributed by atoms with Gasteiger partial charge < -0.3 is 5.32 Å². The third kappa shape index (κ3) is 3.90. The Bertz CT molecular complexity index is 850. The summed E-state index contributed by atoms with van der Waals surface area (Å²) >= 11 is 0. The van der Waals surface area contributed by atoms with Crippen molar-refractivity contribution in [1.82, 2.24) is 14.3 Å². The zero-order valence-corrected chi connectivity index (χ0v) is 17.5. The molecule has 1 saturated heterocycles. The summed E-state index contributed by atoms with van der Waals surface area (Å²) in [4.78, 5) is 14.7. The van der Waals surface area contributed by atoms with Crippen LogP contribution < -0.4 is 14.8 Å². The average molecular weight is 407 g/mol. The van der Waals surface area contributed by atoms with E-state index in [0.29, 0.717) is 12.6 Å². The molecule has 1 aromatic carbocycles. The molecule has 3 aliphatic rings. The molecular weight excluding hydrogens is 376 g/mol. The first-order valence-corrected chi connectivity index (χ1v) is 11.8. The molecule has 0 aromatic heterocycles. The molecule has 154 valence electrons. The summed E-state index contributed by atoms with van der Waals surface area (Å²) in [5.74, 6) is 0. The number of rotatable bonds is 6. The quantitative estimate of drug-likeness (QED) is 0.675. The highest BCUT2D eigenvalue weighted by Crippen LogP contribution is 2.38. The number of likely N-dealkylation sites (tertiary alicyclic amines) is 1. The number of fused-ring (bicyclic) bond motifs is 2. The molecule has 1 aromatic rings. The maximum atomic E-state index is 12.5. The molecule has 28 heavy (non-hydrogen) atoms. The van der Waals surface area contributed by atoms with Crippen molar-refractivity contribution in [1.29, 1.82) is 0 Å². The van der Waals surface area contributed by atoms with Gasteiger partial charge >= 0.3 is 16.2 Å². The Hall–Kier alpha value is -1.64. The van der Waals surface area contributed by atoms with Gasteiger partial charge in [-0.3, -0.25) is 4.90 Å². The molecule has 0 saturated carbocycles. The van der Waals surface area contributed by atoms with Gasteiger partial charge in [0.25, 0.3) is 0 Å². The van der Waals surface area contributed by atoms with Gasteiger partial charge in [-0.05, 0) is 81.0 Å². The number of carbonyl (C=O) groups excluding carboxylic acids is 1. The van der Waals surface area contributed by atoms with Gasteiger partial charge in [0.1, 0.15) is 0 Å². The first kappa shape index (κ1) is 19.7. The van der Waals surface area contributed by atoms with Crippen molar-refractivity contribution < 1.29 is 13.2 Å². The average Bonchev–Trinajstić information content (AvgIpc) is 3.21. The Morgan fingerprint density at radius 1 is 1.14 bits per heavy atom. The lowest BCUT2D eigenvalue weighted by atomic mass is 9.99. The van der Waals surface area contributed by atoms with Crippen molar-refractivity contribution >= 4 is 21.9 Å². The van der Waals surface area contributed by atoms with Gasteiger partial charge in [0.2, 0.25) is 0 Å². The van der Waals surface area contributed by atoms with E-state index in [9.17, 15) is 13.2 Å². The fourth-order valence-corrected chi connectivity index (χ4v) is 5.61. The molecule has 2 amide bonds. The van der Waals surface area contributed by atoms with Crippen LogP contribution in [-0.4, -0.2) is 44.5 Å². The van der Waals surface area contributed by atoms with E-state index >= 15 is 0 Å². The van der Waals surface area contributed by atoms with Crippen LogP contribution in [0.2, 0.25) is 0 Å². The minimum atomic E-state index is -3.89. The van der Waals surface area contributed by atoms with E-state index in [0.717, 1.165) is 57.2 Å². The zero-order chi connectivity index (χ0) is 19.9. The molecule has 0 bridgehead atoms. The third-order valence-electron chi connectivity index (χ3n) is 6.30. The Morgan fingerprint density at radius 3 is 2.32 bits per heavy atom. The smallest absolute Gasteiger partial charge is 0.307 e. The number of nitrogens with one attached hydrogen (secondary N) is 3. The minimum Gasteiger partial charge on any atom is -0.307 e. The molecular formula is C20H30N4O3S. The number of hydrogen-bond donors (Lipinski definition) is 3. The summed E-state index contributed by atoms with van der Waals surface area (Å²) in [6.45, 7) is 5.51. The highest BCUT2D eigenvalue weighted by atomic mass is 32.2. The van der Waals surface area contributed by atoms with Crippen LogP contribution in [0, 0.1) is 0 Å². The van der Waals surface area contributed by atoms with Crippen LogP contribution in [0.4, 0.5) is 10.5 Å². The van der Waals surface area contributed by atoms with Crippen molar-refractivity contribution in [2.24, 2.45) is 0 Å². The number of urea groups is 1. The SMILES string of the molecule is CC(C)N1CCC1CNS(=O)(=O)NC(=O)Nc1c2c(cc3c1CCC3)CCC2. The lowest BCUT2D eigenvalue weighted by molar-refractivity contribution is 0.0600. The van der Waals surface area contributed by atoms with Crippen molar-refractivity contribution in [3.05, 3.63) is 28.3 Å². The highest BCUT2D eigenvalue weighted by molar-refractivity contribution is 7.88. The lowest BCUT2D eigenvalue weighted by Crippen LogP contribution is -2.57. The first-order valence-electron chi connectivity index (χ1n) is 10.3. The molecule has 2 aliphatic carbocycles. The second-order valence-corrected chi connectivity index (χ2v) is 9.92. The Labute approximate surface area is 167 Å². The van der Waals surface area contributed by atoms with Crippen LogP contribution in [0.5, 0.6) is 0 Å². The monoisotopic (exact) mass is 406 g/mol. The molecule has 1 unspecified atom stereocenters. The number of carbonyl (C=O) groups is 1. The number of amides is 2. The number of aryl methyl sites for hydroxylation is 2. The molecule has 4 rings (SSSR count). The predicted octanol–water partition coefficient (Wildman–Crippen LogP) is 2.10. The molecule has 0 spiro atoms. The molecule has 1 heterocycles. The van der Waals surface area contributed by atoms with E-state index < -0.39 is 16.2 Å². The van der Waals surface area contributed by atoms with E-state index in [2.05, 4.69) is 39.6 Å². The van der Waals surface area contributed by atoms with E-state index in [4.69, 9.17) is 0 Å². The largest absolute Gasteiger partial charge is 0.333 e. The van der Waals surface area contributed by atoms with Gasteiger partial charge in [-0.1, -0.05) is 6.07 Å². The molecule has 0 radical (unpaired) electrons. The Balaban J connectivity index is 1.40. The van der Waals surface area contributed by atoms with Crippen molar-refractivity contribution in [3.8, 4) is 0 Å². The van der Waals surface area contributed by atoms with Crippen LogP contribution in [0.15, 0.2) is 6.07 Å². The van der Waals surface area contributed by atoms with Crippen LogP contribution in [-0.2, 0) is 35.9 Å². The molecule has 1 fully saturated rings. The topological polar surface area (TPSA) is 90.5 Å². The van der Waals surface area contributed by atoms with Gasteiger partial charge in [-0.2, -0.15) is 13.1 Å². The molecule has 1 aliphatic heterocycles. The summed E-state index contributed by atoms with van der Waals surface area (Å²) in [5.41, 5.74) is 5.82. The third-order valence-corrected chi connectivity index (χ3v) is 7.30. The van der Waals surface area contributed by atoms with Gasteiger partial charge in [0.05, 0.1) is 0 Å². The standard InChI is InChI=1S/C20H30N4O3S/c1-13(2)24-10-9-16(24)12-21-28(26,27)23-20(25)22-19-17-7-3-5-14(17)11-15-6-4-8-18(15)19/h11,13,16,21H,3-10,12H2,1-2H3,(H2,22,23,25). The first-order chi connectivity index (χ1) is 13.3. The predicted molar refractivity (Wildman–Crippen MR) is 110 cm³/mol. The zero-order valence-electron chi connectivity index (χ0n) is 16.7. The number of hydrogen-bond acceptors (Lipinski definition) is 4. The minimum absolute atomic E-state index is 0.195. The van der Waals surface area contributed by atoms with Gasteiger partial charge in [-0.15, -0.1) is 0 Å². The number of benzene rings is 1. The fourth-order valence-electron chi connectivity index (χ4n) is 4.83. The number of anilines is 1. The normalized spacial score (nSPS) is 21.3. The van der Waals surface area contributed by atoms with Crippen molar-refractivity contribution in [2.75, 3.05) is 18.4 Å². The van der Waals surface area contributed by atoms with Crippen LogP contribution >= 0.6 is 0 Å². The Morgan fingerprint density at radius 2 is 1.79 bits per heavy atom. The lowest BCUT2D eigenvalue weighted by Gasteiger charge is -2.43. The van der Waals surface area contributed by atoms with Crippen LogP contribution in [0.25, 0.3) is 0 Å². The summed E-state index contributed by atoms with van der Waals surface area (Å²) in [7, 11) is -3.89. The molecule has 1 atom stereocenters. The Kier molecular flexibility index (Phi) is 5.37. The summed E-state index contributed by atoms with van der Waals surface area (Å²) in [5, 5.41) is 2.86. The van der Waals surface area contributed by atoms with Gasteiger partial charge in [-0.25, -0.2) is 9.52 Å². The maximum Gasteiger partial charge on any atom is 0.333 e. The van der Waals surface area contributed by atoms with E-state index in [1.54, 1.807) is 0 Å². The number of nitrogens with zero attached hydrogens (tertiary/aromatic N) is 1. The summed E-state index contributed by atoms with van der Waals surface area (Å²) < 4.78 is 29.3. The second-order valence-electron chi connectivity index (χ2n) is 8.42. The van der Waals surface area contributed by atoms with E-state index in [1.165, 1.54) is 22.3 Å². The molecule has 7 nitrogen and oxygen atoms in total. The highest BCUT2D eigenvalue weighted by Gasteiger charge is 2.31. The van der Waals surface area contributed by atoms with Crippen LogP contribution in [0.1, 0.15) is 55.4 Å². The van der Waals surface area contributed by atoms with Gasteiger partial charge in [0.15, 0.2) is 0 Å². The molecule has 8 heteroatoms.